The van der Waals surface area contributed by atoms with Gasteiger partial charge < -0.3 is 10.3 Å². The molecule has 4 aromatic heterocycles. The van der Waals surface area contributed by atoms with Gasteiger partial charge in [0.15, 0.2) is 0 Å². The van der Waals surface area contributed by atoms with Crippen molar-refractivity contribution < 1.29 is 4.79 Å². The summed E-state index contributed by atoms with van der Waals surface area (Å²) in [5, 5.41) is 11.7. The molecule has 0 saturated carbocycles. The summed E-state index contributed by atoms with van der Waals surface area (Å²) in [6.07, 6.45) is 1.64. The molecule has 132 valence electrons. The van der Waals surface area contributed by atoms with E-state index in [-0.39, 0.29) is 5.91 Å². The van der Waals surface area contributed by atoms with Crippen LogP contribution in [0.2, 0.25) is 0 Å². The molecule has 7 nitrogen and oxygen atoms in total. The maximum absolute atomic E-state index is 12.4. The Bertz CT molecular complexity index is 1140. The lowest BCUT2D eigenvalue weighted by molar-refractivity contribution is 0.102. The smallest absolute Gasteiger partial charge is 0.273 e. The highest BCUT2D eigenvalue weighted by atomic mass is 32.1. The van der Waals surface area contributed by atoms with E-state index in [1.54, 1.807) is 17.5 Å². The Hall–Kier alpha value is -3.00. The number of aromatic amines is 2. The normalized spacial score (nSPS) is 11.2. The summed E-state index contributed by atoms with van der Waals surface area (Å²) in [4.78, 5) is 25.8. The minimum atomic E-state index is -0.228. The van der Waals surface area contributed by atoms with Crippen LogP contribution >= 0.6 is 11.3 Å². The van der Waals surface area contributed by atoms with E-state index in [2.05, 4.69) is 30.5 Å². The molecular formula is C18H18N6OS. The zero-order valence-electron chi connectivity index (χ0n) is 14.9. The fourth-order valence-corrected chi connectivity index (χ4v) is 3.78. The molecule has 0 atom stereocenters. The second-order valence-corrected chi connectivity index (χ2v) is 7.46. The molecular weight excluding hydrogens is 348 g/mol. The van der Waals surface area contributed by atoms with Crippen LogP contribution in [-0.2, 0) is 0 Å². The number of thiazole rings is 1. The van der Waals surface area contributed by atoms with Gasteiger partial charge in [0.25, 0.3) is 5.91 Å². The zero-order chi connectivity index (χ0) is 18.4. The SMILES string of the molecule is Cc1nc(C)c(-c2cc3cc(NC(=O)c4[nH]nc(C)c4C)cnc3[nH]2)s1. The van der Waals surface area contributed by atoms with Gasteiger partial charge in [0, 0.05) is 10.9 Å². The van der Waals surface area contributed by atoms with Crippen LogP contribution in [0, 0.1) is 27.7 Å². The lowest BCUT2D eigenvalue weighted by atomic mass is 10.2. The van der Waals surface area contributed by atoms with Gasteiger partial charge in [0.2, 0.25) is 0 Å². The van der Waals surface area contributed by atoms with E-state index < -0.39 is 0 Å². The minimum absolute atomic E-state index is 0.228. The average molecular weight is 366 g/mol. The maximum Gasteiger partial charge on any atom is 0.273 e. The molecule has 0 aliphatic heterocycles. The summed E-state index contributed by atoms with van der Waals surface area (Å²) in [5.41, 5.74) is 5.52. The number of rotatable bonds is 3. The Labute approximate surface area is 153 Å². The standard InChI is InChI=1S/C18H18N6OS/c1-8-9(2)23-24-15(8)18(25)21-13-5-12-6-14(22-17(12)19-7-13)16-10(3)20-11(4)26-16/h5-7H,1-4H3,(H,19,22)(H,21,25)(H,23,24). The first-order valence-electron chi connectivity index (χ1n) is 8.18. The fourth-order valence-electron chi connectivity index (χ4n) is 2.89. The largest absolute Gasteiger partial charge is 0.339 e. The minimum Gasteiger partial charge on any atom is -0.339 e. The van der Waals surface area contributed by atoms with Gasteiger partial charge in [-0.15, -0.1) is 11.3 Å². The van der Waals surface area contributed by atoms with Crippen molar-refractivity contribution in [2.75, 3.05) is 5.32 Å². The molecule has 4 heterocycles. The number of aromatic nitrogens is 5. The highest BCUT2D eigenvalue weighted by molar-refractivity contribution is 7.15. The van der Waals surface area contributed by atoms with Crippen molar-refractivity contribution in [2.24, 2.45) is 0 Å². The zero-order valence-corrected chi connectivity index (χ0v) is 15.7. The Balaban J connectivity index is 1.64. The molecule has 26 heavy (non-hydrogen) atoms. The number of carbonyl (C=O) groups excluding carboxylic acids is 1. The number of hydrogen-bond acceptors (Lipinski definition) is 5. The predicted octanol–water partition coefficient (Wildman–Crippen LogP) is 3.90. The Morgan fingerprint density at radius 1 is 1.15 bits per heavy atom. The van der Waals surface area contributed by atoms with E-state index in [9.17, 15) is 4.79 Å². The number of nitrogens with zero attached hydrogens (tertiary/aromatic N) is 3. The second-order valence-electron chi connectivity index (χ2n) is 6.26. The van der Waals surface area contributed by atoms with Gasteiger partial charge in [-0.25, -0.2) is 9.97 Å². The monoisotopic (exact) mass is 366 g/mol. The van der Waals surface area contributed by atoms with Crippen molar-refractivity contribution >= 4 is 34.0 Å². The van der Waals surface area contributed by atoms with Gasteiger partial charge in [0.05, 0.1) is 38.9 Å². The molecule has 4 aromatic rings. The van der Waals surface area contributed by atoms with Gasteiger partial charge in [-0.1, -0.05) is 0 Å². The van der Waals surface area contributed by atoms with Crippen LogP contribution in [0.5, 0.6) is 0 Å². The molecule has 0 saturated heterocycles. The summed E-state index contributed by atoms with van der Waals surface area (Å²) >= 11 is 1.65. The van der Waals surface area contributed by atoms with Crippen molar-refractivity contribution in [1.29, 1.82) is 0 Å². The molecule has 0 spiro atoms. The quantitative estimate of drug-likeness (QED) is 0.512. The first kappa shape index (κ1) is 16.5. The number of fused-ring (bicyclic) bond motifs is 1. The summed E-state index contributed by atoms with van der Waals surface area (Å²) in [5.74, 6) is -0.228. The van der Waals surface area contributed by atoms with E-state index >= 15 is 0 Å². The van der Waals surface area contributed by atoms with Crippen LogP contribution in [0.1, 0.15) is 32.4 Å². The maximum atomic E-state index is 12.4. The fraction of sp³-hybridized carbons (Fsp3) is 0.222. The van der Waals surface area contributed by atoms with Crippen LogP contribution < -0.4 is 5.32 Å². The third kappa shape index (κ3) is 2.78. The number of aryl methyl sites for hydroxylation is 3. The number of H-pyrrole nitrogens is 2. The van der Waals surface area contributed by atoms with Gasteiger partial charge in [0.1, 0.15) is 11.3 Å². The number of amides is 1. The first-order chi connectivity index (χ1) is 12.4. The van der Waals surface area contributed by atoms with E-state index in [1.165, 1.54) is 0 Å². The number of anilines is 1. The molecule has 0 aliphatic rings. The van der Waals surface area contributed by atoms with Gasteiger partial charge in [-0.05, 0) is 39.8 Å². The van der Waals surface area contributed by atoms with Crippen molar-refractivity contribution in [3.8, 4) is 10.6 Å². The molecule has 0 radical (unpaired) electrons. The highest BCUT2D eigenvalue weighted by Gasteiger charge is 2.15. The molecule has 1 amide bonds. The predicted molar refractivity (Wildman–Crippen MR) is 103 cm³/mol. The Kier molecular flexibility index (Phi) is 3.84. The topological polar surface area (TPSA) is 99.3 Å². The third-order valence-electron chi connectivity index (χ3n) is 4.36. The summed E-state index contributed by atoms with van der Waals surface area (Å²) in [6, 6.07) is 3.94. The number of hydrogen-bond donors (Lipinski definition) is 3. The van der Waals surface area contributed by atoms with Gasteiger partial charge >= 0.3 is 0 Å². The van der Waals surface area contributed by atoms with E-state index in [0.717, 1.165) is 43.6 Å². The van der Waals surface area contributed by atoms with Crippen LogP contribution in [0.15, 0.2) is 18.3 Å². The van der Waals surface area contributed by atoms with E-state index in [1.807, 2.05) is 39.8 Å². The van der Waals surface area contributed by atoms with E-state index in [0.29, 0.717) is 11.4 Å². The molecule has 0 bridgehead atoms. The second kappa shape index (κ2) is 6.06. The van der Waals surface area contributed by atoms with Crippen LogP contribution in [0.25, 0.3) is 21.6 Å². The summed E-state index contributed by atoms with van der Waals surface area (Å²) in [7, 11) is 0. The van der Waals surface area contributed by atoms with Gasteiger partial charge in [-0.3, -0.25) is 9.89 Å². The van der Waals surface area contributed by atoms with Crippen molar-refractivity contribution in [3.63, 3.8) is 0 Å². The van der Waals surface area contributed by atoms with Gasteiger partial charge in [-0.2, -0.15) is 5.10 Å². The molecule has 3 N–H and O–H groups in total. The molecule has 0 aromatic carbocycles. The molecule has 0 fully saturated rings. The number of nitrogens with one attached hydrogen (secondary N) is 3. The lowest BCUT2D eigenvalue weighted by Gasteiger charge is -2.04. The third-order valence-corrected chi connectivity index (χ3v) is 5.46. The number of pyridine rings is 1. The van der Waals surface area contributed by atoms with Crippen LogP contribution in [0.3, 0.4) is 0 Å². The Morgan fingerprint density at radius 2 is 1.96 bits per heavy atom. The van der Waals surface area contributed by atoms with Crippen LogP contribution in [0.4, 0.5) is 5.69 Å². The molecule has 0 unspecified atom stereocenters. The molecule has 0 aliphatic carbocycles. The van der Waals surface area contributed by atoms with Crippen molar-refractivity contribution in [3.05, 3.63) is 46.0 Å². The Morgan fingerprint density at radius 3 is 2.62 bits per heavy atom. The highest BCUT2D eigenvalue weighted by Crippen LogP contribution is 2.31. The first-order valence-corrected chi connectivity index (χ1v) is 9.00. The average Bonchev–Trinajstić information content (AvgIpc) is 3.25. The van der Waals surface area contributed by atoms with Crippen molar-refractivity contribution in [2.45, 2.75) is 27.7 Å². The van der Waals surface area contributed by atoms with Crippen LogP contribution in [-0.4, -0.2) is 31.1 Å². The van der Waals surface area contributed by atoms with Crippen molar-refractivity contribution in [1.82, 2.24) is 25.1 Å². The van der Waals surface area contributed by atoms with E-state index in [4.69, 9.17) is 0 Å². The summed E-state index contributed by atoms with van der Waals surface area (Å²) in [6.45, 7) is 7.72. The molecule has 4 rings (SSSR count). The summed E-state index contributed by atoms with van der Waals surface area (Å²) < 4.78 is 0. The molecule has 8 heteroatoms. The lowest BCUT2D eigenvalue weighted by Crippen LogP contribution is -2.13. The number of carbonyl (C=O) groups is 1.